The second-order valence-electron chi connectivity index (χ2n) is 2.76. The number of amides is 1. The first kappa shape index (κ1) is 15.1. The minimum Gasteiger partial charge on any atom is -0.382 e. The second kappa shape index (κ2) is 9.36. The summed E-state index contributed by atoms with van der Waals surface area (Å²) in [6.07, 6.45) is 1.02. The maximum atomic E-state index is 11.2. The van der Waals surface area contributed by atoms with Gasteiger partial charge in [-0.2, -0.15) is 0 Å². The van der Waals surface area contributed by atoms with Gasteiger partial charge < -0.3 is 20.1 Å². The lowest BCUT2D eigenvalue weighted by atomic mass is 10.5. The number of hydrazine groups is 1. The highest BCUT2D eigenvalue weighted by Gasteiger charge is 2.04. The molecule has 9 nitrogen and oxygen atoms in total. The fourth-order valence-corrected chi connectivity index (χ4v) is 0.777. The Morgan fingerprint density at radius 1 is 1.47 bits per heavy atom. The Morgan fingerprint density at radius 2 is 2.18 bits per heavy atom. The van der Waals surface area contributed by atoms with Crippen molar-refractivity contribution in [1.82, 2.24) is 16.1 Å². The molecule has 0 saturated carbocycles. The molecule has 0 heterocycles. The summed E-state index contributed by atoms with van der Waals surface area (Å²) in [5.74, 6) is -0.537. The number of methoxy groups -OCH3 is 1. The van der Waals surface area contributed by atoms with Crippen LogP contribution in [0.15, 0.2) is 11.9 Å². The van der Waals surface area contributed by atoms with E-state index in [1.807, 2.05) is 5.43 Å². The van der Waals surface area contributed by atoms with Crippen molar-refractivity contribution in [3.05, 3.63) is 22.0 Å². The van der Waals surface area contributed by atoms with E-state index < -0.39 is 10.9 Å². The molecule has 0 bridgehead atoms. The molecule has 0 aromatic rings. The minimum absolute atomic E-state index is 0.00809. The molecule has 0 spiro atoms. The van der Waals surface area contributed by atoms with Crippen LogP contribution in [0, 0.1) is 10.1 Å². The molecule has 0 atom stereocenters. The molecule has 0 aliphatic carbocycles. The molecule has 0 aliphatic rings. The maximum Gasteiger partial charge on any atom is 0.249 e. The van der Waals surface area contributed by atoms with Crippen LogP contribution >= 0.6 is 0 Å². The van der Waals surface area contributed by atoms with Crippen LogP contribution in [0.1, 0.15) is 0 Å². The normalized spacial score (nSPS) is 10.8. The molecule has 0 aliphatic heterocycles. The van der Waals surface area contributed by atoms with Crippen LogP contribution in [0.3, 0.4) is 0 Å². The summed E-state index contributed by atoms with van der Waals surface area (Å²) in [4.78, 5) is 21.4. The van der Waals surface area contributed by atoms with E-state index in [1.165, 1.54) is 14.2 Å². The Balaban J connectivity index is 3.88. The number of hydrogen-bond donors (Lipinski definition) is 3. The lowest BCUT2D eigenvalue weighted by Crippen LogP contribution is -2.32. The minimum atomic E-state index is -0.773. The van der Waals surface area contributed by atoms with E-state index in [-0.39, 0.29) is 12.6 Å². The van der Waals surface area contributed by atoms with Crippen molar-refractivity contribution in [2.75, 3.05) is 34.1 Å². The fraction of sp³-hybridized carbons (Fsp3) is 0.625. The maximum absolute atomic E-state index is 11.2. The lowest BCUT2D eigenvalue weighted by molar-refractivity contribution is -0.536. The number of rotatable bonds is 9. The molecule has 98 valence electrons. The molecule has 0 aromatic heterocycles. The van der Waals surface area contributed by atoms with E-state index in [1.54, 1.807) is 0 Å². The smallest absolute Gasteiger partial charge is 0.249 e. The zero-order chi connectivity index (χ0) is 13.1. The van der Waals surface area contributed by atoms with Crippen molar-refractivity contribution in [3.63, 3.8) is 0 Å². The molecule has 0 radical (unpaired) electrons. The van der Waals surface area contributed by atoms with Crippen LogP contribution in [-0.4, -0.2) is 45.0 Å². The molecule has 0 rings (SSSR count). The lowest BCUT2D eigenvalue weighted by Gasteiger charge is -2.05. The van der Waals surface area contributed by atoms with Crippen LogP contribution in [-0.2, 0) is 14.3 Å². The number of carbonyl (C=O) groups excluding carboxylic acids is 1. The van der Waals surface area contributed by atoms with E-state index in [9.17, 15) is 14.9 Å². The van der Waals surface area contributed by atoms with Crippen LogP contribution in [0.2, 0.25) is 0 Å². The molecule has 1 amide bonds. The van der Waals surface area contributed by atoms with Gasteiger partial charge in [0.1, 0.15) is 6.73 Å². The zero-order valence-electron chi connectivity index (χ0n) is 9.69. The summed E-state index contributed by atoms with van der Waals surface area (Å²) in [5.41, 5.74) is 1.82. The molecule has 0 aromatic carbocycles. The van der Waals surface area contributed by atoms with Crippen LogP contribution in [0.5, 0.6) is 0 Å². The van der Waals surface area contributed by atoms with Gasteiger partial charge >= 0.3 is 0 Å². The molecule has 0 saturated heterocycles. The van der Waals surface area contributed by atoms with Crippen molar-refractivity contribution in [2.24, 2.45) is 0 Å². The van der Waals surface area contributed by atoms with Crippen LogP contribution in [0.4, 0.5) is 0 Å². The fourth-order valence-electron chi connectivity index (χ4n) is 0.777. The van der Waals surface area contributed by atoms with E-state index in [4.69, 9.17) is 9.47 Å². The largest absolute Gasteiger partial charge is 0.382 e. The molecule has 9 heteroatoms. The van der Waals surface area contributed by atoms with Gasteiger partial charge in [-0.3, -0.25) is 4.79 Å². The van der Waals surface area contributed by atoms with Crippen molar-refractivity contribution in [1.29, 1.82) is 0 Å². The van der Waals surface area contributed by atoms with Gasteiger partial charge in [0, 0.05) is 20.2 Å². The molecule has 17 heavy (non-hydrogen) atoms. The number of nitrogens with one attached hydrogen (secondary N) is 3. The summed E-state index contributed by atoms with van der Waals surface area (Å²) in [6.45, 7) is 0.789. The van der Waals surface area contributed by atoms with Gasteiger partial charge in [-0.25, -0.2) is 10.1 Å². The van der Waals surface area contributed by atoms with Crippen molar-refractivity contribution < 1.29 is 19.3 Å². The SMILES string of the molecule is CN/C(=C\C(=O)NCOCCOC)N[N+](=O)[O-]. The number of ether oxygens (including phenoxy) is 2. The Labute approximate surface area is 98.3 Å². The number of hydrogen-bond acceptors (Lipinski definition) is 6. The third-order valence-electron chi connectivity index (χ3n) is 1.54. The molecular formula is C8H16N4O5. The molecule has 0 unspecified atom stereocenters. The Hall–Kier alpha value is -1.87. The number of carbonyl (C=O) groups is 1. The van der Waals surface area contributed by atoms with Gasteiger partial charge in [-0.15, -0.1) is 0 Å². The third kappa shape index (κ3) is 9.08. The summed E-state index contributed by atoms with van der Waals surface area (Å²) < 4.78 is 9.71. The Bertz CT molecular complexity index is 281. The van der Waals surface area contributed by atoms with Gasteiger partial charge in [0.15, 0.2) is 10.9 Å². The van der Waals surface area contributed by atoms with Crippen LogP contribution in [0.25, 0.3) is 0 Å². The predicted octanol–water partition coefficient (Wildman–Crippen LogP) is -1.43. The first-order valence-corrected chi connectivity index (χ1v) is 4.75. The quantitative estimate of drug-likeness (QED) is 0.150. The number of nitro groups is 1. The predicted molar refractivity (Wildman–Crippen MR) is 58.1 cm³/mol. The highest BCUT2D eigenvalue weighted by atomic mass is 16.7. The highest BCUT2D eigenvalue weighted by Crippen LogP contribution is 1.82. The van der Waals surface area contributed by atoms with Crippen molar-refractivity contribution >= 4 is 5.91 Å². The van der Waals surface area contributed by atoms with Gasteiger partial charge in [-0.05, 0) is 0 Å². The van der Waals surface area contributed by atoms with Gasteiger partial charge in [0.25, 0.3) is 0 Å². The second-order valence-corrected chi connectivity index (χ2v) is 2.76. The average molecular weight is 248 g/mol. The Morgan fingerprint density at radius 3 is 2.71 bits per heavy atom. The first-order chi connectivity index (χ1) is 8.10. The summed E-state index contributed by atoms with van der Waals surface area (Å²) >= 11 is 0. The van der Waals surface area contributed by atoms with Crippen molar-refractivity contribution in [3.8, 4) is 0 Å². The van der Waals surface area contributed by atoms with E-state index in [0.29, 0.717) is 13.2 Å². The van der Waals surface area contributed by atoms with Crippen molar-refractivity contribution in [2.45, 2.75) is 0 Å². The zero-order valence-corrected chi connectivity index (χ0v) is 9.69. The van der Waals surface area contributed by atoms with Gasteiger partial charge in [0.05, 0.1) is 13.2 Å². The standard InChI is InChI=1S/C8H16N4O5/c1-9-7(11-12(14)15)5-8(13)10-6-17-4-3-16-2/h5,9,11H,3-4,6H2,1-2H3,(H,10,13)/b7-5+. The van der Waals surface area contributed by atoms with Crippen LogP contribution < -0.4 is 16.1 Å². The van der Waals surface area contributed by atoms with E-state index >= 15 is 0 Å². The molecule has 3 N–H and O–H groups in total. The molecular weight excluding hydrogens is 232 g/mol. The first-order valence-electron chi connectivity index (χ1n) is 4.75. The third-order valence-corrected chi connectivity index (χ3v) is 1.54. The molecule has 0 fully saturated rings. The van der Waals surface area contributed by atoms with E-state index in [2.05, 4.69) is 10.6 Å². The van der Waals surface area contributed by atoms with E-state index in [0.717, 1.165) is 6.08 Å². The number of nitrogens with zero attached hydrogens (tertiary/aromatic N) is 1. The monoisotopic (exact) mass is 248 g/mol. The topological polar surface area (TPSA) is 115 Å². The highest BCUT2D eigenvalue weighted by molar-refractivity contribution is 5.87. The van der Waals surface area contributed by atoms with Gasteiger partial charge in [0.2, 0.25) is 5.91 Å². The summed E-state index contributed by atoms with van der Waals surface area (Å²) in [6, 6.07) is 0. The summed E-state index contributed by atoms with van der Waals surface area (Å²) in [5, 5.41) is 14.2. The van der Waals surface area contributed by atoms with Gasteiger partial charge in [-0.1, -0.05) is 5.43 Å². The average Bonchev–Trinajstić information content (AvgIpc) is 2.27. The Kier molecular flexibility index (Phi) is 8.33. The summed E-state index contributed by atoms with van der Waals surface area (Å²) in [7, 11) is 2.98.